The van der Waals surface area contributed by atoms with Gasteiger partial charge in [0.25, 0.3) is 0 Å². The van der Waals surface area contributed by atoms with Crippen LogP contribution < -0.4 is 14.4 Å². The van der Waals surface area contributed by atoms with Gasteiger partial charge in [0.05, 0.1) is 20.2 Å². The van der Waals surface area contributed by atoms with Gasteiger partial charge < -0.3 is 14.4 Å². The van der Waals surface area contributed by atoms with Crippen LogP contribution in [-0.4, -0.2) is 33.4 Å². The van der Waals surface area contributed by atoms with Crippen LogP contribution in [0, 0.1) is 11.8 Å². The topological polar surface area (TPSA) is 22.9 Å². The molecule has 0 bridgehead atoms. The largest absolute Gasteiger partial charge is 0.497 e. The van der Waals surface area contributed by atoms with E-state index in [1.165, 1.54) is 38.8 Å². The van der Waals surface area contributed by atoms with Crippen LogP contribution in [0.25, 0.3) is 0 Å². The number of rotatable bonds is 4. The van der Waals surface area contributed by atoms with Gasteiger partial charge in [-0.3, -0.25) is 0 Å². The third-order valence-electron chi connectivity index (χ3n) is 3.64. The Morgan fingerprint density at radius 1 is 0.950 bits per heavy atom. The lowest BCUT2D eigenvalue weighted by Gasteiger charge is -2.12. The van der Waals surface area contributed by atoms with Crippen LogP contribution in [0.3, 0.4) is 0 Å². The molecule has 1 N–H and O–H groups in total. The number of likely N-dealkylation sites (tertiary alicyclic amines) is 1. The van der Waals surface area contributed by atoms with Crippen molar-refractivity contribution in [3.63, 3.8) is 0 Å². The highest BCUT2D eigenvalue weighted by atomic mass is 16.5. The summed E-state index contributed by atoms with van der Waals surface area (Å²) < 4.78 is 10.7. The van der Waals surface area contributed by atoms with Gasteiger partial charge in [0.15, 0.2) is 0 Å². The minimum Gasteiger partial charge on any atom is -0.497 e. The Morgan fingerprint density at radius 3 is 2.25 bits per heavy atom. The van der Waals surface area contributed by atoms with Gasteiger partial charge in [0.1, 0.15) is 24.7 Å². The van der Waals surface area contributed by atoms with E-state index in [1.54, 1.807) is 12.0 Å². The van der Waals surface area contributed by atoms with Crippen LogP contribution in [0.2, 0.25) is 0 Å². The van der Waals surface area contributed by atoms with E-state index < -0.39 is 0 Å². The maximum absolute atomic E-state index is 5.58. The van der Waals surface area contributed by atoms with Crippen LogP contribution in [0.4, 0.5) is 0 Å². The molecule has 1 heterocycles. The van der Waals surface area contributed by atoms with Gasteiger partial charge >= 0.3 is 0 Å². The van der Waals surface area contributed by atoms with Gasteiger partial charge in [0, 0.05) is 0 Å². The molecular formula is C17H24NO2+. The molecule has 0 saturated carbocycles. The molecular weight excluding hydrogens is 250 g/mol. The van der Waals surface area contributed by atoms with Gasteiger partial charge in [-0.15, -0.1) is 0 Å². The first kappa shape index (κ1) is 14.7. The number of nitrogens with one attached hydrogen (secondary N) is 1. The average Bonchev–Trinajstić information content (AvgIpc) is 2.76. The maximum Gasteiger partial charge on any atom is 0.149 e. The first-order valence-corrected chi connectivity index (χ1v) is 7.44. The molecule has 1 aliphatic rings. The molecule has 1 aromatic carbocycles. The second-order valence-corrected chi connectivity index (χ2v) is 5.16. The fraction of sp³-hybridized carbons (Fsp3) is 0.529. The molecule has 0 unspecified atom stereocenters. The lowest BCUT2D eigenvalue weighted by atomic mass is 10.2. The van der Waals surface area contributed by atoms with Crippen molar-refractivity contribution in [2.75, 3.05) is 33.4 Å². The number of hydrogen-bond donors (Lipinski definition) is 1. The van der Waals surface area contributed by atoms with Crippen molar-refractivity contribution in [2.24, 2.45) is 0 Å². The Bertz CT molecular complexity index is 436. The fourth-order valence-corrected chi connectivity index (χ4v) is 2.44. The molecule has 1 aromatic rings. The quantitative estimate of drug-likeness (QED) is 0.842. The molecule has 0 atom stereocenters. The Balaban J connectivity index is 1.68. The summed E-state index contributed by atoms with van der Waals surface area (Å²) in [6.07, 6.45) is 5.47. The molecule has 3 heteroatoms. The summed E-state index contributed by atoms with van der Waals surface area (Å²) in [4.78, 5) is 1.62. The summed E-state index contributed by atoms with van der Waals surface area (Å²) in [6, 6.07) is 7.59. The zero-order valence-electron chi connectivity index (χ0n) is 12.3. The Kier molecular flexibility index (Phi) is 6.26. The van der Waals surface area contributed by atoms with E-state index >= 15 is 0 Å². The number of ether oxygens (including phenoxy) is 2. The van der Waals surface area contributed by atoms with Crippen molar-refractivity contribution in [3.05, 3.63) is 24.3 Å². The van der Waals surface area contributed by atoms with E-state index in [1.807, 2.05) is 24.3 Å². The molecule has 0 radical (unpaired) electrons. The van der Waals surface area contributed by atoms with Gasteiger partial charge in [-0.05, 0) is 55.9 Å². The molecule has 0 aromatic heterocycles. The SMILES string of the molecule is COc1ccc(OCC#CC[NH+]2CCCCCC2)cc1. The number of hydrogen-bond acceptors (Lipinski definition) is 2. The highest BCUT2D eigenvalue weighted by Crippen LogP contribution is 2.16. The smallest absolute Gasteiger partial charge is 0.149 e. The van der Waals surface area contributed by atoms with Crippen LogP contribution in [0.5, 0.6) is 11.5 Å². The molecule has 108 valence electrons. The third kappa shape index (κ3) is 5.14. The number of methoxy groups -OCH3 is 1. The van der Waals surface area contributed by atoms with Gasteiger partial charge in [-0.1, -0.05) is 5.92 Å². The molecule has 3 nitrogen and oxygen atoms in total. The first-order chi connectivity index (χ1) is 9.88. The summed E-state index contributed by atoms with van der Waals surface area (Å²) in [5.74, 6) is 8.02. The van der Waals surface area contributed by atoms with Crippen LogP contribution in [0.15, 0.2) is 24.3 Å². The monoisotopic (exact) mass is 274 g/mol. The third-order valence-corrected chi connectivity index (χ3v) is 3.64. The van der Waals surface area contributed by atoms with Crippen LogP contribution in [0.1, 0.15) is 25.7 Å². The molecule has 0 amide bonds. The fourth-order valence-electron chi connectivity index (χ4n) is 2.44. The predicted octanol–water partition coefficient (Wildman–Crippen LogP) is 1.54. The van der Waals surface area contributed by atoms with E-state index in [0.717, 1.165) is 18.0 Å². The average molecular weight is 274 g/mol. The van der Waals surface area contributed by atoms with E-state index in [4.69, 9.17) is 9.47 Å². The molecule has 0 aliphatic carbocycles. The highest BCUT2D eigenvalue weighted by molar-refractivity contribution is 5.31. The maximum atomic E-state index is 5.58. The number of benzene rings is 1. The normalized spacial score (nSPS) is 15.8. The zero-order valence-corrected chi connectivity index (χ0v) is 12.3. The van der Waals surface area contributed by atoms with E-state index in [2.05, 4.69) is 11.8 Å². The zero-order chi connectivity index (χ0) is 14.0. The van der Waals surface area contributed by atoms with Gasteiger partial charge in [-0.2, -0.15) is 0 Å². The Hall–Kier alpha value is -1.66. The second-order valence-electron chi connectivity index (χ2n) is 5.16. The van der Waals surface area contributed by atoms with Gasteiger partial charge in [0.2, 0.25) is 0 Å². The van der Waals surface area contributed by atoms with Crippen molar-refractivity contribution in [2.45, 2.75) is 25.7 Å². The summed E-state index contributed by atoms with van der Waals surface area (Å²) in [5, 5.41) is 0. The molecule has 2 rings (SSSR count). The molecule has 0 spiro atoms. The summed E-state index contributed by atoms with van der Waals surface area (Å²) in [5.41, 5.74) is 0. The predicted molar refractivity (Wildman–Crippen MR) is 80.3 cm³/mol. The van der Waals surface area contributed by atoms with Crippen LogP contribution >= 0.6 is 0 Å². The van der Waals surface area contributed by atoms with Gasteiger partial charge in [-0.25, -0.2) is 0 Å². The standard InChI is InChI=1S/C17H23NO2/c1-19-16-8-10-17(11-9-16)20-15-7-6-14-18-12-4-2-3-5-13-18/h8-11H,2-5,12-15H2,1H3/p+1. The molecule has 20 heavy (non-hydrogen) atoms. The van der Waals surface area contributed by atoms with E-state index in [-0.39, 0.29) is 0 Å². The van der Waals surface area contributed by atoms with E-state index in [9.17, 15) is 0 Å². The van der Waals surface area contributed by atoms with Crippen LogP contribution in [-0.2, 0) is 0 Å². The van der Waals surface area contributed by atoms with Crippen molar-refractivity contribution in [1.29, 1.82) is 0 Å². The first-order valence-electron chi connectivity index (χ1n) is 7.44. The summed E-state index contributed by atoms with van der Waals surface area (Å²) >= 11 is 0. The van der Waals surface area contributed by atoms with Crippen molar-refractivity contribution >= 4 is 0 Å². The molecule has 1 saturated heterocycles. The lowest BCUT2D eigenvalue weighted by molar-refractivity contribution is -0.891. The summed E-state index contributed by atoms with van der Waals surface area (Å²) in [7, 11) is 1.66. The van der Waals surface area contributed by atoms with E-state index in [0.29, 0.717) is 6.61 Å². The molecule has 1 aliphatic heterocycles. The Labute approximate surface area is 121 Å². The van der Waals surface area contributed by atoms with Crippen molar-refractivity contribution in [3.8, 4) is 23.3 Å². The molecule has 1 fully saturated rings. The Morgan fingerprint density at radius 2 is 1.60 bits per heavy atom. The van der Waals surface area contributed by atoms with Crippen molar-refractivity contribution in [1.82, 2.24) is 0 Å². The highest BCUT2D eigenvalue weighted by Gasteiger charge is 2.09. The minimum absolute atomic E-state index is 0.458. The second kappa shape index (κ2) is 8.50. The summed E-state index contributed by atoms with van der Waals surface area (Å²) in [6.45, 7) is 3.95. The number of quaternary nitrogens is 1. The minimum atomic E-state index is 0.458. The van der Waals surface area contributed by atoms with Crippen molar-refractivity contribution < 1.29 is 14.4 Å². The lowest BCUT2D eigenvalue weighted by Crippen LogP contribution is -3.11.